The highest BCUT2D eigenvalue weighted by Crippen LogP contribution is 2.29. The Morgan fingerprint density at radius 2 is 2.10 bits per heavy atom. The molecule has 0 aliphatic rings. The minimum atomic E-state index is -0.0950. The van der Waals surface area contributed by atoms with Crippen molar-refractivity contribution in [2.75, 3.05) is 12.5 Å². The van der Waals surface area contributed by atoms with Crippen LogP contribution in [0.5, 0.6) is 11.6 Å². The molecule has 20 heavy (non-hydrogen) atoms. The molecule has 2 aromatic rings. The smallest absolute Gasteiger partial charge is 0.232 e. The van der Waals surface area contributed by atoms with Gasteiger partial charge >= 0.3 is 0 Å². The van der Waals surface area contributed by atoms with Crippen LogP contribution in [0.25, 0.3) is 0 Å². The van der Waals surface area contributed by atoms with Crippen LogP contribution in [-0.2, 0) is 0 Å². The van der Waals surface area contributed by atoms with Gasteiger partial charge < -0.3 is 9.84 Å². The Labute approximate surface area is 125 Å². The molecule has 8 heteroatoms. The van der Waals surface area contributed by atoms with Gasteiger partial charge in [-0.15, -0.1) is 0 Å². The number of ether oxygens (including phenoxy) is 1. The minimum absolute atomic E-state index is 0.0950. The van der Waals surface area contributed by atoms with Crippen molar-refractivity contribution in [3.8, 4) is 11.6 Å². The second-order valence-corrected chi connectivity index (χ2v) is 4.48. The van der Waals surface area contributed by atoms with Crippen LogP contribution in [0.2, 0.25) is 10.0 Å². The van der Waals surface area contributed by atoms with Gasteiger partial charge in [0.2, 0.25) is 5.88 Å². The number of aromatic nitrogens is 2. The molecule has 0 saturated heterocycles. The molecular formula is C12H10Cl2N4O2. The fraction of sp³-hybridized carbons (Fsp3) is 0.0833. The Bertz CT molecular complexity index is 632. The van der Waals surface area contributed by atoms with E-state index in [2.05, 4.69) is 20.5 Å². The Morgan fingerprint density at radius 3 is 2.75 bits per heavy atom. The summed E-state index contributed by atoms with van der Waals surface area (Å²) in [7, 11) is 1.50. The summed E-state index contributed by atoms with van der Waals surface area (Å²) in [4.78, 5) is 7.97. The van der Waals surface area contributed by atoms with E-state index in [1.807, 2.05) is 0 Å². The highest BCUT2D eigenvalue weighted by atomic mass is 35.5. The average molecular weight is 313 g/mol. The van der Waals surface area contributed by atoms with Crippen LogP contribution in [0.15, 0.2) is 29.6 Å². The summed E-state index contributed by atoms with van der Waals surface area (Å²) in [5.74, 6) is 0.732. The molecule has 0 saturated carbocycles. The van der Waals surface area contributed by atoms with E-state index in [9.17, 15) is 5.11 Å². The molecule has 0 unspecified atom stereocenters. The third-order valence-corrected chi connectivity index (χ3v) is 2.78. The standard InChI is InChI=1S/C12H10Cl2N4O2/c1-20-11-6-15-10(5-16-11)18-17-4-7-2-8(13)3-9(14)12(7)19/h2-6,19H,1H3,(H,15,18)/b17-4+. The Kier molecular flexibility index (Phi) is 4.60. The Morgan fingerprint density at radius 1 is 1.30 bits per heavy atom. The maximum atomic E-state index is 9.73. The van der Waals surface area contributed by atoms with Crippen LogP contribution in [-0.4, -0.2) is 28.4 Å². The molecule has 6 nitrogen and oxygen atoms in total. The van der Waals surface area contributed by atoms with E-state index in [1.54, 1.807) is 0 Å². The number of nitrogens with one attached hydrogen (secondary N) is 1. The lowest BCUT2D eigenvalue weighted by molar-refractivity contribution is 0.396. The number of phenolic OH excluding ortho intramolecular Hbond substituents is 1. The van der Waals surface area contributed by atoms with Gasteiger partial charge in [0.25, 0.3) is 0 Å². The average Bonchev–Trinajstić information content (AvgIpc) is 2.44. The van der Waals surface area contributed by atoms with Crippen molar-refractivity contribution in [1.82, 2.24) is 9.97 Å². The normalized spacial score (nSPS) is 10.8. The first-order chi connectivity index (χ1) is 9.60. The summed E-state index contributed by atoms with van der Waals surface area (Å²) >= 11 is 11.6. The van der Waals surface area contributed by atoms with E-state index >= 15 is 0 Å². The van der Waals surface area contributed by atoms with E-state index in [-0.39, 0.29) is 10.8 Å². The van der Waals surface area contributed by atoms with Crippen LogP contribution >= 0.6 is 23.2 Å². The maximum absolute atomic E-state index is 9.73. The van der Waals surface area contributed by atoms with Gasteiger partial charge in [0, 0.05) is 10.6 Å². The van der Waals surface area contributed by atoms with Crippen LogP contribution in [0.1, 0.15) is 5.56 Å². The van der Waals surface area contributed by atoms with E-state index in [4.69, 9.17) is 27.9 Å². The van der Waals surface area contributed by atoms with Gasteiger partial charge in [-0.1, -0.05) is 23.2 Å². The minimum Gasteiger partial charge on any atom is -0.506 e. The molecule has 0 aliphatic carbocycles. The van der Waals surface area contributed by atoms with Crippen LogP contribution in [0, 0.1) is 0 Å². The highest BCUT2D eigenvalue weighted by Gasteiger charge is 2.05. The molecule has 0 bridgehead atoms. The highest BCUT2D eigenvalue weighted by molar-refractivity contribution is 6.36. The quantitative estimate of drug-likeness (QED) is 0.670. The van der Waals surface area contributed by atoms with Crippen molar-refractivity contribution < 1.29 is 9.84 Å². The Balaban J connectivity index is 2.09. The molecule has 0 aliphatic heterocycles. The first kappa shape index (κ1) is 14.4. The number of hydrogen-bond acceptors (Lipinski definition) is 6. The second-order valence-electron chi connectivity index (χ2n) is 3.64. The lowest BCUT2D eigenvalue weighted by Gasteiger charge is -2.03. The summed E-state index contributed by atoms with van der Waals surface area (Å²) < 4.78 is 4.88. The summed E-state index contributed by atoms with van der Waals surface area (Å²) in [6.07, 6.45) is 4.28. The zero-order chi connectivity index (χ0) is 14.5. The molecule has 0 atom stereocenters. The topological polar surface area (TPSA) is 79.6 Å². The fourth-order valence-electron chi connectivity index (χ4n) is 1.33. The number of hydrazone groups is 1. The van der Waals surface area contributed by atoms with Crippen molar-refractivity contribution in [3.63, 3.8) is 0 Å². The lowest BCUT2D eigenvalue weighted by atomic mass is 10.2. The lowest BCUT2D eigenvalue weighted by Crippen LogP contribution is -1.96. The molecule has 1 aromatic heterocycles. The first-order valence-electron chi connectivity index (χ1n) is 5.43. The second kappa shape index (κ2) is 6.40. The summed E-state index contributed by atoms with van der Waals surface area (Å²) in [6, 6.07) is 2.98. The summed E-state index contributed by atoms with van der Waals surface area (Å²) in [5.41, 5.74) is 3.04. The molecule has 104 valence electrons. The van der Waals surface area contributed by atoms with Crippen molar-refractivity contribution in [3.05, 3.63) is 40.1 Å². The zero-order valence-corrected chi connectivity index (χ0v) is 11.9. The zero-order valence-electron chi connectivity index (χ0n) is 10.3. The number of aromatic hydroxyl groups is 1. The molecule has 0 fully saturated rings. The van der Waals surface area contributed by atoms with Gasteiger partial charge in [-0.05, 0) is 12.1 Å². The van der Waals surface area contributed by atoms with Crippen LogP contribution in [0.4, 0.5) is 5.82 Å². The summed E-state index contributed by atoms with van der Waals surface area (Å²) in [6.45, 7) is 0. The molecule has 1 heterocycles. The number of nitrogens with zero attached hydrogens (tertiary/aromatic N) is 3. The van der Waals surface area contributed by atoms with Crippen molar-refractivity contribution >= 4 is 35.2 Å². The van der Waals surface area contributed by atoms with Gasteiger partial charge in [0.05, 0.1) is 30.7 Å². The van der Waals surface area contributed by atoms with Crippen molar-refractivity contribution in [2.45, 2.75) is 0 Å². The van der Waals surface area contributed by atoms with Crippen LogP contribution < -0.4 is 10.2 Å². The number of rotatable bonds is 4. The number of phenols is 1. The molecule has 0 spiro atoms. The van der Waals surface area contributed by atoms with Gasteiger partial charge in [0.15, 0.2) is 5.82 Å². The molecule has 2 rings (SSSR count). The van der Waals surface area contributed by atoms with Gasteiger partial charge in [-0.25, -0.2) is 9.97 Å². The predicted molar refractivity (Wildman–Crippen MR) is 77.9 cm³/mol. The third-order valence-electron chi connectivity index (χ3n) is 2.28. The Hall–Kier alpha value is -2.05. The summed E-state index contributed by atoms with van der Waals surface area (Å²) in [5, 5.41) is 14.2. The van der Waals surface area contributed by atoms with E-state index < -0.39 is 0 Å². The van der Waals surface area contributed by atoms with Gasteiger partial charge in [-0.3, -0.25) is 5.43 Å². The molecule has 2 N–H and O–H groups in total. The number of anilines is 1. The molecule has 0 radical (unpaired) electrons. The van der Waals surface area contributed by atoms with E-state index in [1.165, 1.54) is 37.9 Å². The number of benzene rings is 1. The van der Waals surface area contributed by atoms with Gasteiger partial charge in [-0.2, -0.15) is 5.10 Å². The number of methoxy groups -OCH3 is 1. The molecule has 1 aromatic carbocycles. The SMILES string of the molecule is COc1cnc(N/N=C/c2cc(Cl)cc(Cl)c2O)cn1. The number of hydrogen-bond donors (Lipinski definition) is 2. The largest absolute Gasteiger partial charge is 0.506 e. The third kappa shape index (κ3) is 3.49. The van der Waals surface area contributed by atoms with Crippen molar-refractivity contribution in [2.24, 2.45) is 5.10 Å². The van der Waals surface area contributed by atoms with E-state index in [0.717, 1.165) is 0 Å². The first-order valence-corrected chi connectivity index (χ1v) is 6.19. The molecular weight excluding hydrogens is 303 g/mol. The molecule has 0 amide bonds. The fourth-order valence-corrected chi connectivity index (χ4v) is 1.84. The predicted octanol–water partition coefficient (Wildman–Crippen LogP) is 2.94. The monoisotopic (exact) mass is 312 g/mol. The van der Waals surface area contributed by atoms with Gasteiger partial charge in [0.1, 0.15) is 5.75 Å². The van der Waals surface area contributed by atoms with Crippen LogP contribution in [0.3, 0.4) is 0 Å². The van der Waals surface area contributed by atoms with E-state index in [0.29, 0.717) is 22.3 Å². The van der Waals surface area contributed by atoms with Crippen molar-refractivity contribution in [1.29, 1.82) is 0 Å². The maximum Gasteiger partial charge on any atom is 0.232 e. The number of halogens is 2.